The lowest BCUT2D eigenvalue weighted by Crippen LogP contribution is -2.27. The Hall–Kier alpha value is -0.0800. The highest BCUT2D eigenvalue weighted by Gasteiger charge is 2.11. The van der Waals surface area contributed by atoms with Crippen LogP contribution in [0.4, 0.5) is 0 Å². The molecule has 2 heteroatoms. The standard InChI is InChI=1S/C31H65NO/c1-6-10-14-16-25-31(22-13-9-4)29-32(5)26-18-20-28-33-27-19-17-24-30(21-12-8-3)23-15-11-7-2/h30-31H,6-29H2,1-5H3. The monoisotopic (exact) mass is 468 g/mol. The van der Waals surface area contributed by atoms with Crippen LogP contribution in [0.15, 0.2) is 0 Å². The number of hydrogen-bond donors (Lipinski definition) is 0. The zero-order valence-electron chi connectivity index (χ0n) is 24.0. The summed E-state index contributed by atoms with van der Waals surface area (Å²) in [4.78, 5) is 2.59. The van der Waals surface area contributed by atoms with E-state index in [2.05, 4.69) is 39.6 Å². The van der Waals surface area contributed by atoms with Gasteiger partial charge in [-0.15, -0.1) is 0 Å². The van der Waals surface area contributed by atoms with E-state index in [-0.39, 0.29) is 0 Å². The third kappa shape index (κ3) is 23.4. The highest BCUT2D eigenvalue weighted by Crippen LogP contribution is 2.22. The minimum absolute atomic E-state index is 0.909. The molecule has 2 atom stereocenters. The van der Waals surface area contributed by atoms with Crippen LogP contribution in [-0.4, -0.2) is 38.3 Å². The Kier molecular flexibility index (Phi) is 26.5. The second kappa shape index (κ2) is 26.5. The molecule has 0 aromatic rings. The van der Waals surface area contributed by atoms with E-state index in [1.54, 1.807) is 0 Å². The number of unbranched alkanes of at least 4 members (excludes halogenated alkanes) is 9. The molecular weight excluding hydrogens is 402 g/mol. The van der Waals surface area contributed by atoms with Gasteiger partial charge in [-0.2, -0.15) is 0 Å². The van der Waals surface area contributed by atoms with Crippen LogP contribution in [0.3, 0.4) is 0 Å². The Morgan fingerprint density at radius 2 is 0.939 bits per heavy atom. The molecule has 0 rings (SSSR count). The van der Waals surface area contributed by atoms with Crippen LogP contribution in [0.1, 0.15) is 156 Å². The Bertz CT molecular complexity index is 359. The third-order valence-corrected chi connectivity index (χ3v) is 7.41. The summed E-state index contributed by atoms with van der Waals surface area (Å²) < 4.78 is 5.97. The van der Waals surface area contributed by atoms with Gasteiger partial charge in [0, 0.05) is 19.8 Å². The zero-order valence-corrected chi connectivity index (χ0v) is 24.0. The summed E-state index contributed by atoms with van der Waals surface area (Å²) in [6.45, 7) is 13.7. The van der Waals surface area contributed by atoms with E-state index in [1.165, 1.54) is 142 Å². The van der Waals surface area contributed by atoms with Crippen LogP contribution in [0.25, 0.3) is 0 Å². The van der Waals surface area contributed by atoms with Crippen LogP contribution in [0.5, 0.6) is 0 Å². The van der Waals surface area contributed by atoms with Gasteiger partial charge in [0.05, 0.1) is 0 Å². The van der Waals surface area contributed by atoms with E-state index in [0.717, 1.165) is 25.0 Å². The molecule has 0 aliphatic rings. The molecule has 0 saturated carbocycles. The Balaban J connectivity index is 3.76. The number of rotatable bonds is 27. The molecule has 0 N–H and O–H groups in total. The zero-order chi connectivity index (χ0) is 24.4. The van der Waals surface area contributed by atoms with E-state index >= 15 is 0 Å². The Morgan fingerprint density at radius 1 is 0.485 bits per heavy atom. The molecule has 0 aliphatic carbocycles. The lowest BCUT2D eigenvalue weighted by Gasteiger charge is -2.24. The van der Waals surface area contributed by atoms with Crippen molar-refractivity contribution in [2.75, 3.05) is 33.4 Å². The van der Waals surface area contributed by atoms with Gasteiger partial charge in [-0.3, -0.25) is 0 Å². The second-order valence-electron chi connectivity index (χ2n) is 10.9. The third-order valence-electron chi connectivity index (χ3n) is 7.41. The minimum atomic E-state index is 0.909. The van der Waals surface area contributed by atoms with Crippen molar-refractivity contribution < 1.29 is 4.74 Å². The first-order chi connectivity index (χ1) is 16.2. The van der Waals surface area contributed by atoms with Gasteiger partial charge < -0.3 is 9.64 Å². The smallest absolute Gasteiger partial charge is 0.0466 e. The van der Waals surface area contributed by atoms with Gasteiger partial charge in [-0.1, -0.05) is 124 Å². The predicted molar refractivity (Wildman–Crippen MR) is 150 cm³/mol. The van der Waals surface area contributed by atoms with Crippen LogP contribution >= 0.6 is 0 Å². The van der Waals surface area contributed by atoms with Gasteiger partial charge in [0.1, 0.15) is 0 Å². The molecule has 0 radical (unpaired) electrons. The molecule has 0 amide bonds. The van der Waals surface area contributed by atoms with Crippen molar-refractivity contribution in [2.45, 2.75) is 156 Å². The SMILES string of the molecule is CCCCCCC(CCCC)CN(C)CCCCOCCCCC(CCCC)CCCCC. The highest BCUT2D eigenvalue weighted by atomic mass is 16.5. The lowest BCUT2D eigenvalue weighted by atomic mass is 9.91. The van der Waals surface area contributed by atoms with Gasteiger partial charge in [0.15, 0.2) is 0 Å². The summed E-state index contributed by atoms with van der Waals surface area (Å²) in [5.74, 6) is 1.88. The Labute approximate surface area is 211 Å². The first-order valence-electron chi connectivity index (χ1n) is 15.4. The first kappa shape index (κ1) is 32.9. The van der Waals surface area contributed by atoms with E-state index < -0.39 is 0 Å². The number of ether oxygens (including phenoxy) is 1. The molecule has 0 aromatic carbocycles. The first-order valence-corrected chi connectivity index (χ1v) is 15.4. The fraction of sp³-hybridized carbons (Fsp3) is 1.00. The average molecular weight is 468 g/mol. The topological polar surface area (TPSA) is 12.5 Å². The average Bonchev–Trinajstić information content (AvgIpc) is 2.82. The van der Waals surface area contributed by atoms with Crippen LogP contribution in [0.2, 0.25) is 0 Å². The van der Waals surface area contributed by atoms with Crippen LogP contribution < -0.4 is 0 Å². The van der Waals surface area contributed by atoms with Gasteiger partial charge in [0.2, 0.25) is 0 Å². The number of hydrogen-bond acceptors (Lipinski definition) is 2. The molecular formula is C31H65NO. The van der Waals surface area contributed by atoms with Crippen molar-refractivity contribution in [1.29, 1.82) is 0 Å². The van der Waals surface area contributed by atoms with E-state index in [0.29, 0.717) is 0 Å². The lowest BCUT2D eigenvalue weighted by molar-refractivity contribution is 0.122. The van der Waals surface area contributed by atoms with Gasteiger partial charge in [0.25, 0.3) is 0 Å². The maximum Gasteiger partial charge on any atom is 0.0466 e. The largest absolute Gasteiger partial charge is 0.381 e. The summed E-state index contributed by atoms with van der Waals surface area (Å²) >= 11 is 0. The Morgan fingerprint density at radius 3 is 1.58 bits per heavy atom. The quantitative estimate of drug-likeness (QED) is 0.111. The fourth-order valence-corrected chi connectivity index (χ4v) is 5.15. The van der Waals surface area contributed by atoms with Crippen molar-refractivity contribution in [1.82, 2.24) is 4.90 Å². The molecule has 200 valence electrons. The fourth-order valence-electron chi connectivity index (χ4n) is 5.15. The number of nitrogens with zero attached hydrogens (tertiary/aromatic N) is 1. The van der Waals surface area contributed by atoms with Gasteiger partial charge >= 0.3 is 0 Å². The van der Waals surface area contributed by atoms with Crippen molar-refractivity contribution in [3.05, 3.63) is 0 Å². The molecule has 0 spiro atoms. The summed E-state index contributed by atoms with van der Waals surface area (Å²) in [5, 5.41) is 0. The maximum atomic E-state index is 5.97. The summed E-state index contributed by atoms with van der Waals surface area (Å²) in [7, 11) is 2.33. The molecule has 33 heavy (non-hydrogen) atoms. The van der Waals surface area contributed by atoms with Crippen molar-refractivity contribution in [2.24, 2.45) is 11.8 Å². The molecule has 2 nitrogen and oxygen atoms in total. The van der Waals surface area contributed by atoms with E-state index in [9.17, 15) is 0 Å². The van der Waals surface area contributed by atoms with Crippen molar-refractivity contribution in [3.8, 4) is 0 Å². The van der Waals surface area contributed by atoms with E-state index in [1.807, 2.05) is 0 Å². The van der Waals surface area contributed by atoms with Crippen LogP contribution in [0, 0.1) is 11.8 Å². The highest BCUT2D eigenvalue weighted by molar-refractivity contribution is 4.65. The van der Waals surface area contributed by atoms with E-state index in [4.69, 9.17) is 4.74 Å². The molecule has 0 bridgehead atoms. The van der Waals surface area contributed by atoms with Crippen molar-refractivity contribution in [3.63, 3.8) is 0 Å². The molecule has 0 fully saturated rings. The summed E-state index contributed by atoms with van der Waals surface area (Å²) in [5.41, 5.74) is 0. The van der Waals surface area contributed by atoms with Crippen molar-refractivity contribution >= 4 is 0 Å². The summed E-state index contributed by atoms with van der Waals surface area (Å²) in [6.07, 6.45) is 27.6. The summed E-state index contributed by atoms with van der Waals surface area (Å²) in [6, 6.07) is 0. The molecule has 0 aliphatic heterocycles. The minimum Gasteiger partial charge on any atom is -0.381 e. The molecule has 0 aromatic heterocycles. The van der Waals surface area contributed by atoms with Gasteiger partial charge in [-0.05, 0) is 57.5 Å². The predicted octanol–water partition coefficient (Wildman–Crippen LogP) is 10.0. The normalized spacial score (nSPS) is 13.6. The molecule has 0 saturated heterocycles. The second-order valence-corrected chi connectivity index (χ2v) is 10.9. The molecule has 2 unspecified atom stereocenters. The molecule has 0 heterocycles. The van der Waals surface area contributed by atoms with Crippen LogP contribution in [-0.2, 0) is 4.74 Å². The maximum absolute atomic E-state index is 5.97. The van der Waals surface area contributed by atoms with Gasteiger partial charge in [-0.25, -0.2) is 0 Å².